The predicted octanol–water partition coefficient (Wildman–Crippen LogP) is -3.69. The molecule has 0 bridgehead atoms. The summed E-state index contributed by atoms with van der Waals surface area (Å²) in [7, 11) is -13.9. The molecule has 0 spiro atoms. The third-order valence-electron chi connectivity index (χ3n) is 3.23. The molecule has 2 aromatic heterocycles. The first kappa shape index (κ1) is 33.1. The molecule has 202 valence electrons. The number of nitrogen functional groups attached to an aromatic ring is 1. The minimum Gasteiger partial charge on any atom is -0.510 e. The topological polar surface area (TPSA) is 373 Å². The SMILES string of the molecule is C=C(O)[C@H]1O[C@@H](n2cnc3c(N)ncnc32)[C@H](O)[C@@H]1O.O=P(O)(O)O.O=P(O)(O)O.O=P(O)(O)O. The van der Waals surface area contributed by atoms with Gasteiger partial charge in [0, 0.05) is 0 Å². The van der Waals surface area contributed by atoms with Gasteiger partial charge < -0.3 is 69.8 Å². The van der Waals surface area contributed by atoms with Gasteiger partial charge in [-0.15, -0.1) is 0 Å². The highest BCUT2D eigenvalue weighted by Crippen LogP contribution is 2.33. The number of nitrogens with two attached hydrogens (primary N) is 1. The monoisotopic (exact) mass is 573 g/mol. The van der Waals surface area contributed by atoms with E-state index in [1.807, 2.05) is 0 Å². The zero-order valence-corrected chi connectivity index (χ0v) is 19.6. The molecule has 1 saturated heterocycles. The molecule has 0 radical (unpaired) electrons. The Morgan fingerprint density at radius 3 is 1.69 bits per heavy atom. The van der Waals surface area contributed by atoms with E-state index in [2.05, 4.69) is 21.5 Å². The number of aliphatic hydroxyl groups excluding tert-OH is 3. The van der Waals surface area contributed by atoms with Crippen LogP contribution in [0.25, 0.3) is 11.2 Å². The molecule has 35 heavy (non-hydrogen) atoms. The molecule has 0 amide bonds. The Kier molecular flexibility index (Phi) is 12.2. The summed E-state index contributed by atoms with van der Waals surface area (Å²) >= 11 is 0. The number of phosphoric acid groups is 3. The highest BCUT2D eigenvalue weighted by atomic mass is 31.2. The van der Waals surface area contributed by atoms with E-state index in [0.29, 0.717) is 11.2 Å². The lowest BCUT2D eigenvalue weighted by Crippen LogP contribution is -2.32. The fourth-order valence-corrected chi connectivity index (χ4v) is 2.22. The Balaban J connectivity index is 0.000000635. The van der Waals surface area contributed by atoms with Gasteiger partial charge in [-0.2, -0.15) is 0 Å². The summed E-state index contributed by atoms with van der Waals surface area (Å²) in [5.41, 5.74) is 6.40. The number of imidazole rings is 1. The van der Waals surface area contributed by atoms with Gasteiger partial charge in [-0.3, -0.25) is 4.57 Å². The van der Waals surface area contributed by atoms with Crippen molar-refractivity contribution < 1.29 is 77.8 Å². The van der Waals surface area contributed by atoms with E-state index in [1.54, 1.807) is 0 Å². The summed E-state index contributed by atoms with van der Waals surface area (Å²) in [5, 5.41) is 29.2. The molecule has 0 unspecified atom stereocenters. The van der Waals surface area contributed by atoms with Gasteiger partial charge in [-0.1, -0.05) is 6.58 Å². The minimum atomic E-state index is -4.64. The molecule has 0 saturated carbocycles. The molecule has 2 aromatic rings. The maximum atomic E-state index is 10.0. The zero-order chi connectivity index (χ0) is 27.9. The average molecular weight is 573 g/mol. The van der Waals surface area contributed by atoms with Crippen LogP contribution in [-0.4, -0.2) is 97.2 Å². The molecule has 24 heteroatoms. The van der Waals surface area contributed by atoms with Crippen LogP contribution in [0.2, 0.25) is 0 Å². The Morgan fingerprint density at radius 1 is 0.886 bits per heavy atom. The van der Waals surface area contributed by atoms with Gasteiger partial charge >= 0.3 is 23.5 Å². The standard InChI is InChI=1S/C11H13N5O4.3H3O4P/c1-4(17)8-6(18)7(19)11(20-8)16-3-15-5-9(12)13-2-14-10(5)16;3*1-5(2,3)4/h2-3,6-8,11,17-19H,1H2,(H2,12,13,14);3*(H3,1,2,3,4)/t6-,7+,8+,11+;;;/m0.../s1. The second-order valence-electron chi connectivity index (χ2n) is 6.04. The van der Waals surface area contributed by atoms with Crippen LogP contribution >= 0.6 is 23.5 Å². The van der Waals surface area contributed by atoms with E-state index < -0.39 is 48.0 Å². The van der Waals surface area contributed by atoms with Crippen LogP contribution in [0.5, 0.6) is 0 Å². The molecule has 14 N–H and O–H groups in total. The van der Waals surface area contributed by atoms with Gasteiger partial charge in [0.2, 0.25) is 0 Å². The van der Waals surface area contributed by atoms with Crippen molar-refractivity contribution >= 4 is 40.4 Å². The van der Waals surface area contributed by atoms with Crippen molar-refractivity contribution in [2.75, 3.05) is 5.73 Å². The number of rotatable bonds is 2. The van der Waals surface area contributed by atoms with Gasteiger partial charge in [-0.25, -0.2) is 28.6 Å². The quantitative estimate of drug-likeness (QED) is 0.121. The smallest absolute Gasteiger partial charge is 0.466 e. The Bertz CT molecular complexity index is 1050. The van der Waals surface area contributed by atoms with Crippen molar-refractivity contribution in [3.05, 3.63) is 25.0 Å². The number of ether oxygens (including phenoxy) is 1. The summed E-state index contributed by atoms with van der Waals surface area (Å²) < 4.78 is 33.5. The normalized spacial score (nSPS) is 22.1. The Labute approximate surface area is 193 Å². The van der Waals surface area contributed by atoms with Crippen LogP contribution in [0, 0.1) is 0 Å². The number of hydrogen-bond donors (Lipinski definition) is 13. The van der Waals surface area contributed by atoms with Crippen molar-refractivity contribution in [2.24, 2.45) is 0 Å². The summed E-state index contributed by atoms with van der Waals surface area (Å²) in [5.74, 6) is -0.164. The zero-order valence-electron chi connectivity index (χ0n) is 16.9. The van der Waals surface area contributed by atoms with E-state index >= 15 is 0 Å². The molecule has 3 rings (SSSR count). The maximum absolute atomic E-state index is 10.0. The average Bonchev–Trinajstić information content (AvgIpc) is 3.14. The molecular formula is C11H22N5O16P3. The summed E-state index contributed by atoms with van der Waals surface area (Å²) in [4.78, 5) is 76.6. The Hall–Kier alpha value is -1.90. The molecule has 3 heterocycles. The van der Waals surface area contributed by atoms with E-state index in [9.17, 15) is 15.3 Å². The van der Waals surface area contributed by atoms with Gasteiger partial charge in [0.1, 0.15) is 35.9 Å². The first-order valence-corrected chi connectivity index (χ1v) is 12.9. The largest absolute Gasteiger partial charge is 0.510 e. The van der Waals surface area contributed by atoms with E-state index in [1.165, 1.54) is 17.2 Å². The number of anilines is 1. The fraction of sp³-hybridized carbons (Fsp3) is 0.364. The van der Waals surface area contributed by atoms with Crippen LogP contribution in [0.4, 0.5) is 5.82 Å². The summed E-state index contributed by atoms with van der Waals surface area (Å²) in [6.45, 7) is 3.30. The number of nitrogens with zero attached hydrogens (tertiary/aromatic N) is 4. The second kappa shape index (κ2) is 12.9. The van der Waals surface area contributed by atoms with E-state index in [-0.39, 0.29) is 11.6 Å². The third-order valence-corrected chi connectivity index (χ3v) is 3.23. The van der Waals surface area contributed by atoms with Crippen molar-refractivity contribution in [3.63, 3.8) is 0 Å². The number of aliphatic hydroxyl groups is 3. The second-order valence-corrected chi connectivity index (χ2v) is 9.12. The molecule has 21 nitrogen and oxygen atoms in total. The number of aromatic nitrogens is 4. The highest BCUT2D eigenvalue weighted by molar-refractivity contribution is 7.45. The van der Waals surface area contributed by atoms with Gasteiger partial charge in [0.25, 0.3) is 0 Å². The fourth-order valence-electron chi connectivity index (χ4n) is 2.22. The first-order valence-electron chi connectivity index (χ1n) is 8.18. The molecule has 0 aliphatic carbocycles. The van der Waals surface area contributed by atoms with Crippen molar-refractivity contribution in [1.82, 2.24) is 19.5 Å². The lowest BCUT2D eigenvalue weighted by molar-refractivity contribution is -0.0338. The van der Waals surface area contributed by atoms with Crippen LogP contribution in [0.3, 0.4) is 0 Å². The molecule has 1 aliphatic rings. The van der Waals surface area contributed by atoms with E-state index in [0.717, 1.165) is 0 Å². The van der Waals surface area contributed by atoms with Crippen LogP contribution in [-0.2, 0) is 18.4 Å². The van der Waals surface area contributed by atoms with Crippen molar-refractivity contribution in [1.29, 1.82) is 0 Å². The van der Waals surface area contributed by atoms with E-state index in [4.69, 9.17) is 68.2 Å². The van der Waals surface area contributed by atoms with Gasteiger partial charge in [0.15, 0.2) is 17.7 Å². The molecular weight excluding hydrogens is 551 g/mol. The molecule has 4 atom stereocenters. The number of hydrogen-bond acceptors (Lipinski definition) is 11. The van der Waals surface area contributed by atoms with Crippen LogP contribution < -0.4 is 5.73 Å². The molecule has 0 aromatic carbocycles. The lowest BCUT2D eigenvalue weighted by atomic mass is 10.1. The number of fused-ring (bicyclic) bond motifs is 1. The highest BCUT2D eigenvalue weighted by Gasteiger charge is 2.45. The summed E-state index contributed by atoms with van der Waals surface area (Å²) in [6.07, 6.45) is -1.97. The van der Waals surface area contributed by atoms with Crippen LogP contribution in [0.1, 0.15) is 6.23 Å². The molecule has 1 fully saturated rings. The van der Waals surface area contributed by atoms with Crippen LogP contribution in [0.15, 0.2) is 25.0 Å². The van der Waals surface area contributed by atoms with Crippen molar-refractivity contribution in [2.45, 2.75) is 24.5 Å². The minimum absolute atomic E-state index is 0.199. The summed E-state index contributed by atoms with van der Waals surface area (Å²) in [6, 6.07) is 0. The maximum Gasteiger partial charge on any atom is 0.466 e. The van der Waals surface area contributed by atoms with Gasteiger partial charge in [-0.05, 0) is 0 Å². The Morgan fingerprint density at radius 2 is 1.31 bits per heavy atom. The van der Waals surface area contributed by atoms with Crippen molar-refractivity contribution in [3.8, 4) is 0 Å². The lowest BCUT2D eigenvalue weighted by Gasteiger charge is -2.16. The van der Waals surface area contributed by atoms with Gasteiger partial charge in [0.05, 0.1) is 6.33 Å². The third kappa shape index (κ3) is 14.3. The predicted molar refractivity (Wildman–Crippen MR) is 110 cm³/mol. The molecule has 1 aliphatic heterocycles. The first-order chi connectivity index (χ1) is 15.5.